The minimum atomic E-state index is -0.726. The smallest absolute Gasteiger partial charge is 0.306 e. The van der Waals surface area contributed by atoms with E-state index in [2.05, 4.69) is 11.1 Å². The van der Waals surface area contributed by atoms with Gasteiger partial charge in [0.2, 0.25) is 0 Å². The molecule has 0 aliphatic rings. The number of thiazole rings is 1. The first-order chi connectivity index (χ1) is 8.08. The van der Waals surface area contributed by atoms with Crippen molar-refractivity contribution in [2.24, 2.45) is 11.8 Å². The Balaban J connectivity index is 2.15. The molecule has 0 bridgehead atoms. The summed E-state index contributed by atoms with van der Waals surface area (Å²) in [5, 5.41) is 8.96. The molecule has 1 aromatic carbocycles. The van der Waals surface area contributed by atoms with E-state index in [9.17, 15) is 4.79 Å². The van der Waals surface area contributed by atoms with Crippen molar-refractivity contribution in [3.63, 3.8) is 0 Å². The number of carbonyl (C=O) groups is 1. The normalized spacial score (nSPS) is 14.7. The van der Waals surface area contributed by atoms with E-state index in [1.165, 1.54) is 5.56 Å². The molecule has 0 aliphatic heterocycles. The number of fused-ring (bicyclic) bond motifs is 1. The predicted octanol–water partition coefficient (Wildman–Crippen LogP) is 3.20. The third-order valence-corrected chi connectivity index (χ3v) is 3.99. The largest absolute Gasteiger partial charge is 0.481 e. The molecule has 2 rings (SSSR count). The Bertz CT molecular complexity index is 535. The fourth-order valence-corrected chi connectivity index (χ4v) is 2.56. The summed E-state index contributed by atoms with van der Waals surface area (Å²) in [5.74, 6) is -0.901. The quantitative estimate of drug-likeness (QED) is 0.905. The fraction of sp³-hybridized carbons (Fsp3) is 0.385. The molecule has 90 valence electrons. The average Bonchev–Trinajstić information content (AvgIpc) is 2.74. The van der Waals surface area contributed by atoms with Crippen LogP contribution >= 0.6 is 11.3 Å². The van der Waals surface area contributed by atoms with E-state index in [1.54, 1.807) is 18.3 Å². The van der Waals surface area contributed by atoms with Crippen LogP contribution in [0.5, 0.6) is 0 Å². The first-order valence-electron chi connectivity index (χ1n) is 5.63. The standard InChI is InChI=1S/C13H15NO2S/c1-8(9(2)13(15)16)5-10-3-4-11-12(6-10)17-7-14-11/h3-4,6-9H,5H2,1-2H3,(H,15,16). The number of rotatable bonds is 4. The van der Waals surface area contributed by atoms with Crippen LogP contribution in [-0.2, 0) is 11.2 Å². The van der Waals surface area contributed by atoms with E-state index >= 15 is 0 Å². The van der Waals surface area contributed by atoms with E-state index in [4.69, 9.17) is 5.11 Å². The minimum Gasteiger partial charge on any atom is -0.481 e. The van der Waals surface area contributed by atoms with Crippen molar-refractivity contribution in [2.45, 2.75) is 20.3 Å². The highest BCUT2D eigenvalue weighted by molar-refractivity contribution is 7.16. The van der Waals surface area contributed by atoms with E-state index < -0.39 is 5.97 Å². The predicted molar refractivity (Wildman–Crippen MR) is 69.3 cm³/mol. The Morgan fingerprint density at radius 1 is 1.47 bits per heavy atom. The summed E-state index contributed by atoms with van der Waals surface area (Å²) in [6, 6.07) is 6.14. The molecule has 1 aromatic heterocycles. The molecule has 17 heavy (non-hydrogen) atoms. The van der Waals surface area contributed by atoms with Crippen molar-refractivity contribution >= 4 is 27.5 Å². The highest BCUT2D eigenvalue weighted by atomic mass is 32.1. The Morgan fingerprint density at radius 2 is 2.24 bits per heavy atom. The molecule has 3 nitrogen and oxygen atoms in total. The number of benzene rings is 1. The minimum absolute atomic E-state index is 0.137. The van der Waals surface area contributed by atoms with Crippen LogP contribution in [0, 0.1) is 11.8 Å². The molecule has 0 saturated heterocycles. The zero-order valence-electron chi connectivity index (χ0n) is 9.88. The molecule has 4 heteroatoms. The number of aliphatic carboxylic acids is 1. The van der Waals surface area contributed by atoms with Gasteiger partial charge in [0, 0.05) is 0 Å². The van der Waals surface area contributed by atoms with Crippen molar-refractivity contribution in [1.82, 2.24) is 4.98 Å². The molecule has 0 spiro atoms. The van der Waals surface area contributed by atoms with Gasteiger partial charge in [-0.15, -0.1) is 11.3 Å². The van der Waals surface area contributed by atoms with Gasteiger partial charge in [0.25, 0.3) is 0 Å². The van der Waals surface area contributed by atoms with Gasteiger partial charge in [-0.1, -0.05) is 19.9 Å². The average molecular weight is 249 g/mol. The van der Waals surface area contributed by atoms with Crippen molar-refractivity contribution in [2.75, 3.05) is 0 Å². The number of hydrogen-bond donors (Lipinski definition) is 1. The summed E-state index contributed by atoms with van der Waals surface area (Å²) < 4.78 is 1.16. The Labute approximate surface area is 104 Å². The lowest BCUT2D eigenvalue weighted by atomic mass is 9.90. The number of nitrogens with zero attached hydrogens (tertiary/aromatic N) is 1. The maximum Gasteiger partial charge on any atom is 0.306 e. The Morgan fingerprint density at radius 3 is 2.94 bits per heavy atom. The highest BCUT2D eigenvalue weighted by Crippen LogP contribution is 2.23. The van der Waals surface area contributed by atoms with Gasteiger partial charge in [0.15, 0.2) is 0 Å². The molecule has 2 aromatic rings. The molecule has 2 unspecified atom stereocenters. The molecule has 0 aliphatic carbocycles. The van der Waals surface area contributed by atoms with Gasteiger partial charge in [0.1, 0.15) is 0 Å². The molecule has 2 atom stereocenters. The lowest BCUT2D eigenvalue weighted by molar-refractivity contribution is -0.142. The van der Waals surface area contributed by atoms with Crippen LogP contribution in [0.15, 0.2) is 23.7 Å². The molecular weight excluding hydrogens is 234 g/mol. The van der Waals surface area contributed by atoms with E-state index in [-0.39, 0.29) is 11.8 Å². The van der Waals surface area contributed by atoms with Crippen molar-refractivity contribution < 1.29 is 9.90 Å². The van der Waals surface area contributed by atoms with Gasteiger partial charge in [-0.05, 0) is 30.0 Å². The van der Waals surface area contributed by atoms with E-state index in [0.29, 0.717) is 0 Å². The van der Waals surface area contributed by atoms with E-state index in [1.807, 2.05) is 24.6 Å². The summed E-state index contributed by atoms with van der Waals surface area (Å²) >= 11 is 1.62. The van der Waals surface area contributed by atoms with Crippen molar-refractivity contribution in [1.29, 1.82) is 0 Å². The van der Waals surface area contributed by atoms with Crippen LogP contribution in [0.25, 0.3) is 10.2 Å². The first kappa shape index (κ1) is 12.0. The summed E-state index contributed by atoms with van der Waals surface area (Å²) in [4.78, 5) is 15.1. The Hall–Kier alpha value is -1.42. The number of aromatic nitrogens is 1. The monoisotopic (exact) mass is 249 g/mol. The summed E-state index contributed by atoms with van der Waals surface area (Å²) in [7, 11) is 0. The molecule has 0 amide bonds. The second kappa shape index (κ2) is 4.84. The van der Waals surface area contributed by atoms with Crippen LogP contribution in [0.2, 0.25) is 0 Å². The molecule has 1 heterocycles. The van der Waals surface area contributed by atoms with Crippen LogP contribution in [-0.4, -0.2) is 16.1 Å². The molecular formula is C13H15NO2S. The van der Waals surface area contributed by atoms with Crippen molar-refractivity contribution in [3.8, 4) is 0 Å². The van der Waals surface area contributed by atoms with Gasteiger partial charge in [-0.25, -0.2) is 4.98 Å². The molecule has 0 fully saturated rings. The van der Waals surface area contributed by atoms with Gasteiger partial charge in [0.05, 0.1) is 21.6 Å². The summed E-state index contributed by atoms with van der Waals surface area (Å²) in [6.07, 6.45) is 0.793. The molecule has 0 radical (unpaired) electrons. The SMILES string of the molecule is CC(Cc1ccc2ncsc2c1)C(C)C(=O)O. The van der Waals surface area contributed by atoms with Gasteiger partial charge >= 0.3 is 5.97 Å². The van der Waals surface area contributed by atoms with Crippen LogP contribution in [0.3, 0.4) is 0 Å². The zero-order valence-corrected chi connectivity index (χ0v) is 10.7. The van der Waals surface area contributed by atoms with Gasteiger partial charge in [-0.3, -0.25) is 4.79 Å². The topological polar surface area (TPSA) is 50.2 Å². The number of carboxylic acids is 1. The highest BCUT2D eigenvalue weighted by Gasteiger charge is 2.19. The van der Waals surface area contributed by atoms with Crippen molar-refractivity contribution in [3.05, 3.63) is 29.3 Å². The first-order valence-corrected chi connectivity index (χ1v) is 6.51. The van der Waals surface area contributed by atoms with Crippen LogP contribution in [0.1, 0.15) is 19.4 Å². The van der Waals surface area contributed by atoms with E-state index in [0.717, 1.165) is 16.6 Å². The number of hydrogen-bond acceptors (Lipinski definition) is 3. The summed E-state index contributed by atoms with van der Waals surface area (Å²) in [5.41, 5.74) is 4.03. The Kier molecular flexibility index (Phi) is 3.43. The van der Waals surface area contributed by atoms with Gasteiger partial charge in [-0.2, -0.15) is 0 Å². The third-order valence-electron chi connectivity index (χ3n) is 3.20. The zero-order chi connectivity index (χ0) is 12.4. The third kappa shape index (κ3) is 2.64. The molecule has 1 N–H and O–H groups in total. The molecule has 0 saturated carbocycles. The van der Waals surface area contributed by atoms with Gasteiger partial charge < -0.3 is 5.11 Å². The maximum absolute atomic E-state index is 10.9. The van der Waals surface area contributed by atoms with Crippen LogP contribution < -0.4 is 0 Å². The lowest BCUT2D eigenvalue weighted by Crippen LogP contribution is -2.19. The second-order valence-corrected chi connectivity index (χ2v) is 5.35. The maximum atomic E-state index is 10.9. The van der Waals surface area contributed by atoms with Crippen LogP contribution in [0.4, 0.5) is 0 Å². The summed E-state index contributed by atoms with van der Waals surface area (Å²) in [6.45, 7) is 3.74. The number of carboxylic acid groups (broad SMARTS) is 1. The fourth-order valence-electron chi connectivity index (χ4n) is 1.82. The lowest BCUT2D eigenvalue weighted by Gasteiger charge is -2.15. The second-order valence-electron chi connectivity index (χ2n) is 4.46.